The molecule has 0 radical (unpaired) electrons. The summed E-state index contributed by atoms with van der Waals surface area (Å²) in [6.45, 7) is 5.05. The number of aliphatic carboxylic acids is 1. The molecule has 31 heavy (non-hydrogen) atoms. The van der Waals surface area contributed by atoms with Crippen molar-refractivity contribution in [3.63, 3.8) is 0 Å². The highest BCUT2D eigenvalue weighted by Crippen LogP contribution is 2.34. The number of thioether (sulfide) groups is 1. The minimum atomic E-state index is -1.05. The highest BCUT2D eigenvalue weighted by Gasteiger charge is 2.35. The molecular weight excluding hydrogens is 418 g/mol. The van der Waals surface area contributed by atoms with Gasteiger partial charge in [0.2, 0.25) is 0 Å². The van der Waals surface area contributed by atoms with Crippen LogP contribution < -0.4 is 9.47 Å². The maximum Gasteiger partial charge on any atom is 0.305 e. The SMILES string of the molecule is CCCCCCCCOc1ccc(/C=C2/SC(=O)N(CCC(=O)O)C2=O)cc1OCC. The fraction of sp³-hybridized carbons (Fsp3) is 0.522. The first kappa shape index (κ1) is 24.8. The molecule has 170 valence electrons. The van der Waals surface area contributed by atoms with Crippen LogP contribution in [0.2, 0.25) is 0 Å². The molecule has 0 aromatic heterocycles. The van der Waals surface area contributed by atoms with Crippen molar-refractivity contribution in [3.05, 3.63) is 28.7 Å². The number of carboxylic acids is 1. The number of hydrogen-bond acceptors (Lipinski definition) is 6. The predicted molar refractivity (Wildman–Crippen MR) is 121 cm³/mol. The Morgan fingerprint density at radius 2 is 1.81 bits per heavy atom. The Labute approximate surface area is 187 Å². The largest absolute Gasteiger partial charge is 0.490 e. The topological polar surface area (TPSA) is 93.1 Å². The maximum absolute atomic E-state index is 12.4. The Morgan fingerprint density at radius 3 is 2.52 bits per heavy atom. The van der Waals surface area contributed by atoms with E-state index in [0.29, 0.717) is 30.3 Å². The summed E-state index contributed by atoms with van der Waals surface area (Å²) in [7, 11) is 0. The zero-order valence-corrected chi connectivity index (χ0v) is 19.0. The summed E-state index contributed by atoms with van der Waals surface area (Å²) in [6.07, 6.45) is 8.45. The highest BCUT2D eigenvalue weighted by atomic mass is 32.2. The summed E-state index contributed by atoms with van der Waals surface area (Å²) < 4.78 is 11.6. The summed E-state index contributed by atoms with van der Waals surface area (Å²) in [5, 5.41) is 8.33. The van der Waals surface area contributed by atoms with Gasteiger partial charge in [-0.25, -0.2) is 0 Å². The van der Waals surface area contributed by atoms with Crippen LogP contribution in [0, 0.1) is 0 Å². The Balaban J connectivity index is 2.00. The molecule has 0 unspecified atom stereocenters. The van der Waals surface area contributed by atoms with Crippen LogP contribution in [-0.2, 0) is 9.59 Å². The van der Waals surface area contributed by atoms with Crippen LogP contribution >= 0.6 is 11.8 Å². The van der Waals surface area contributed by atoms with Crippen LogP contribution in [0.4, 0.5) is 4.79 Å². The molecule has 0 bridgehead atoms. The van der Waals surface area contributed by atoms with Gasteiger partial charge in [0.15, 0.2) is 11.5 Å². The molecular formula is C23H31NO6S. The normalized spacial score (nSPS) is 15.0. The minimum Gasteiger partial charge on any atom is -0.490 e. The van der Waals surface area contributed by atoms with Crippen molar-refractivity contribution in [3.8, 4) is 11.5 Å². The molecule has 1 heterocycles. The summed E-state index contributed by atoms with van der Waals surface area (Å²) in [6, 6.07) is 5.40. The number of hydrogen-bond donors (Lipinski definition) is 1. The fourth-order valence-electron chi connectivity index (χ4n) is 3.12. The first-order valence-corrected chi connectivity index (χ1v) is 11.6. The minimum absolute atomic E-state index is 0.132. The lowest BCUT2D eigenvalue weighted by atomic mass is 10.1. The Kier molecular flexibility index (Phi) is 10.4. The third kappa shape index (κ3) is 7.94. The van der Waals surface area contributed by atoms with E-state index in [0.717, 1.165) is 29.5 Å². The number of carboxylic acid groups (broad SMARTS) is 1. The molecule has 1 aliphatic rings. The second-order valence-electron chi connectivity index (χ2n) is 7.23. The Bertz CT molecular complexity index is 807. The number of carbonyl (C=O) groups is 3. The van der Waals surface area contributed by atoms with Gasteiger partial charge in [-0.1, -0.05) is 45.1 Å². The lowest BCUT2D eigenvalue weighted by Gasteiger charge is -2.13. The van der Waals surface area contributed by atoms with Gasteiger partial charge in [-0.3, -0.25) is 19.3 Å². The van der Waals surface area contributed by atoms with Gasteiger partial charge in [0.1, 0.15) is 0 Å². The third-order valence-corrected chi connectivity index (χ3v) is 5.65. The first-order chi connectivity index (χ1) is 15.0. The zero-order chi connectivity index (χ0) is 22.6. The van der Waals surface area contributed by atoms with Crippen LogP contribution in [0.25, 0.3) is 6.08 Å². The van der Waals surface area contributed by atoms with E-state index in [1.54, 1.807) is 12.1 Å². The van der Waals surface area contributed by atoms with Gasteiger partial charge in [-0.05, 0) is 48.9 Å². The third-order valence-electron chi connectivity index (χ3n) is 4.74. The number of unbranched alkanes of at least 4 members (excludes halogenated alkanes) is 5. The van der Waals surface area contributed by atoms with Crippen LogP contribution in [0.3, 0.4) is 0 Å². The number of rotatable bonds is 14. The van der Waals surface area contributed by atoms with E-state index >= 15 is 0 Å². The number of carbonyl (C=O) groups excluding carboxylic acids is 2. The molecule has 2 amide bonds. The van der Waals surface area contributed by atoms with Crippen LogP contribution in [0.15, 0.2) is 23.1 Å². The molecule has 2 rings (SSSR count). The number of ether oxygens (including phenoxy) is 2. The standard InChI is InChI=1S/C23H31NO6S/c1-3-5-6-7-8-9-14-30-18-11-10-17(15-19(18)29-4-2)16-20-22(27)24(23(28)31-20)13-12-21(25)26/h10-11,15-16H,3-9,12-14H2,1-2H3,(H,25,26)/b20-16+. The molecule has 1 saturated heterocycles. The molecule has 8 heteroatoms. The maximum atomic E-state index is 12.4. The average Bonchev–Trinajstić information content (AvgIpc) is 2.99. The molecule has 1 aliphatic heterocycles. The van der Waals surface area contributed by atoms with Crippen molar-refractivity contribution in [2.24, 2.45) is 0 Å². The van der Waals surface area contributed by atoms with Gasteiger partial charge in [-0.15, -0.1) is 0 Å². The molecule has 1 N–H and O–H groups in total. The van der Waals surface area contributed by atoms with Crippen molar-refractivity contribution in [1.29, 1.82) is 0 Å². The van der Waals surface area contributed by atoms with Gasteiger partial charge >= 0.3 is 5.97 Å². The van der Waals surface area contributed by atoms with Gasteiger partial charge in [0.05, 0.1) is 24.5 Å². The van der Waals surface area contributed by atoms with Gasteiger partial charge < -0.3 is 14.6 Å². The van der Waals surface area contributed by atoms with Gasteiger partial charge in [0.25, 0.3) is 11.1 Å². The zero-order valence-electron chi connectivity index (χ0n) is 18.2. The number of amides is 2. The second-order valence-corrected chi connectivity index (χ2v) is 8.23. The molecule has 0 atom stereocenters. The molecule has 1 aromatic rings. The van der Waals surface area contributed by atoms with E-state index in [-0.39, 0.29) is 17.9 Å². The molecule has 1 fully saturated rings. The van der Waals surface area contributed by atoms with Crippen LogP contribution in [0.1, 0.15) is 64.4 Å². The van der Waals surface area contributed by atoms with E-state index < -0.39 is 17.1 Å². The monoisotopic (exact) mass is 449 g/mol. The van der Waals surface area contributed by atoms with Crippen molar-refractivity contribution in [1.82, 2.24) is 4.90 Å². The fourth-order valence-corrected chi connectivity index (χ4v) is 3.98. The molecule has 1 aromatic carbocycles. The molecule has 0 aliphatic carbocycles. The number of imide groups is 1. The quantitative estimate of drug-likeness (QED) is 0.303. The average molecular weight is 450 g/mol. The van der Waals surface area contributed by atoms with Crippen molar-refractivity contribution in [2.75, 3.05) is 19.8 Å². The van der Waals surface area contributed by atoms with E-state index in [2.05, 4.69) is 6.92 Å². The van der Waals surface area contributed by atoms with Gasteiger partial charge in [-0.2, -0.15) is 0 Å². The van der Waals surface area contributed by atoms with Crippen molar-refractivity contribution in [2.45, 2.75) is 58.8 Å². The van der Waals surface area contributed by atoms with E-state index in [9.17, 15) is 14.4 Å². The number of nitrogens with zero attached hydrogens (tertiary/aromatic N) is 1. The first-order valence-electron chi connectivity index (χ1n) is 10.8. The Morgan fingerprint density at radius 1 is 1.06 bits per heavy atom. The van der Waals surface area contributed by atoms with Crippen LogP contribution in [0.5, 0.6) is 11.5 Å². The van der Waals surface area contributed by atoms with Crippen LogP contribution in [-0.4, -0.2) is 46.9 Å². The lowest BCUT2D eigenvalue weighted by Crippen LogP contribution is -2.30. The molecule has 0 spiro atoms. The Hall–Kier alpha value is -2.48. The van der Waals surface area contributed by atoms with Crippen molar-refractivity contribution < 1.29 is 29.0 Å². The van der Waals surface area contributed by atoms with E-state index in [1.807, 2.05) is 19.1 Å². The molecule has 7 nitrogen and oxygen atoms in total. The second kappa shape index (κ2) is 13.0. The lowest BCUT2D eigenvalue weighted by molar-refractivity contribution is -0.137. The summed E-state index contributed by atoms with van der Waals surface area (Å²) >= 11 is 0.810. The van der Waals surface area contributed by atoms with E-state index in [4.69, 9.17) is 14.6 Å². The summed E-state index contributed by atoms with van der Waals surface area (Å²) in [4.78, 5) is 36.4. The smallest absolute Gasteiger partial charge is 0.305 e. The number of benzene rings is 1. The predicted octanol–water partition coefficient (Wildman–Crippen LogP) is 5.34. The molecule has 0 saturated carbocycles. The summed E-state index contributed by atoms with van der Waals surface area (Å²) in [5.41, 5.74) is 0.708. The van der Waals surface area contributed by atoms with Crippen molar-refractivity contribution >= 4 is 35.0 Å². The van der Waals surface area contributed by atoms with Gasteiger partial charge in [0, 0.05) is 6.54 Å². The van der Waals surface area contributed by atoms with E-state index in [1.165, 1.54) is 25.7 Å². The summed E-state index contributed by atoms with van der Waals surface area (Å²) in [5.74, 6) is -0.284. The highest BCUT2D eigenvalue weighted by molar-refractivity contribution is 8.18.